The van der Waals surface area contributed by atoms with Crippen LogP contribution in [0.4, 0.5) is 5.69 Å². The molecule has 0 aromatic heterocycles. The molecule has 2 aromatic carbocycles. The molecule has 0 radical (unpaired) electrons. The molecule has 0 spiro atoms. The van der Waals surface area contributed by atoms with Crippen molar-refractivity contribution >= 4 is 37.5 Å². The Balaban J connectivity index is 2.26. The van der Waals surface area contributed by atoms with Crippen molar-refractivity contribution in [3.63, 3.8) is 0 Å². The fraction of sp³-hybridized carbons (Fsp3) is 0.0714. The number of nitriles is 1. The highest BCUT2D eigenvalue weighted by Gasteiger charge is 2.12. The third kappa shape index (κ3) is 3.12. The second-order valence-electron chi connectivity index (χ2n) is 3.74. The van der Waals surface area contributed by atoms with Crippen LogP contribution in [-0.2, 0) is 0 Å². The van der Waals surface area contributed by atoms with Gasteiger partial charge in [0.15, 0.2) is 0 Å². The highest BCUT2D eigenvalue weighted by Crippen LogP contribution is 2.26. The fourth-order valence-electron chi connectivity index (χ4n) is 1.63. The second kappa shape index (κ2) is 6.03. The van der Waals surface area contributed by atoms with Crippen LogP contribution in [0, 0.1) is 11.3 Å². The monoisotopic (exact) mass is 364 g/mol. The Morgan fingerprint density at radius 1 is 1.06 bits per heavy atom. The van der Waals surface area contributed by atoms with E-state index in [2.05, 4.69) is 43.2 Å². The third-order valence-electron chi connectivity index (χ3n) is 2.48. The van der Waals surface area contributed by atoms with Crippen LogP contribution in [0.1, 0.15) is 11.6 Å². The first kappa shape index (κ1) is 13.1. The summed E-state index contributed by atoms with van der Waals surface area (Å²) >= 11 is 6.88. The van der Waals surface area contributed by atoms with Crippen molar-refractivity contribution in [2.45, 2.75) is 6.04 Å². The molecule has 1 atom stereocenters. The van der Waals surface area contributed by atoms with Gasteiger partial charge in [0.25, 0.3) is 0 Å². The first-order chi connectivity index (χ1) is 8.70. The average Bonchev–Trinajstić information content (AvgIpc) is 2.37. The number of nitrogens with one attached hydrogen (secondary N) is 1. The van der Waals surface area contributed by atoms with Gasteiger partial charge in [-0.15, -0.1) is 0 Å². The highest BCUT2D eigenvalue weighted by molar-refractivity contribution is 9.10. The lowest BCUT2D eigenvalue weighted by atomic mass is 10.1. The molecule has 0 amide bonds. The van der Waals surface area contributed by atoms with Gasteiger partial charge in [-0.1, -0.05) is 56.1 Å². The Morgan fingerprint density at radius 2 is 1.83 bits per heavy atom. The van der Waals surface area contributed by atoms with E-state index in [1.54, 1.807) is 0 Å². The van der Waals surface area contributed by atoms with Crippen molar-refractivity contribution in [3.8, 4) is 6.07 Å². The Labute approximate surface area is 123 Å². The summed E-state index contributed by atoms with van der Waals surface area (Å²) in [5, 5.41) is 12.5. The molecule has 0 heterocycles. The topological polar surface area (TPSA) is 35.8 Å². The lowest BCUT2D eigenvalue weighted by molar-refractivity contribution is 0.989. The SMILES string of the molecule is N#CC(Nc1cccc(Br)c1)c1ccccc1Br. The van der Waals surface area contributed by atoms with Crippen molar-refractivity contribution in [1.29, 1.82) is 5.26 Å². The zero-order valence-electron chi connectivity index (χ0n) is 9.40. The summed E-state index contributed by atoms with van der Waals surface area (Å²) in [6.07, 6.45) is 0. The summed E-state index contributed by atoms with van der Waals surface area (Å²) in [6, 6.07) is 17.4. The van der Waals surface area contributed by atoms with Gasteiger partial charge in [0.05, 0.1) is 6.07 Å². The summed E-state index contributed by atoms with van der Waals surface area (Å²) in [7, 11) is 0. The van der Waals surface area contributed by atoms with Crippen molar-refractivity contribution in [2.75, 3.05) is 5.32 Å². The Hall–Kier alpha value is -1.31. The van der Waals surface area contributed by atoms with Crippen molar-refractivity contribution in [2.24, 2.45) is 0 Å². The maximum atomic E-state index is 9.29. The van der Waals surface area contributed by atoms with Gasteiger partial charge < -0.3 is 5.32 Å². The Bertz CT molecular complexity index is 590. The van der Waals surface area contributed by atoms with E-state index in [0.29, 0.717) is 0 Å². The van der Waals surface area contributed by atoms with Gasteiger partial charge in [0.1, 0.15) is 6.04 Å². The molecule has 0 saturated heterocycles. The lowest BCUT2D eigenvalue weighted by Gasteiger charge is -2.14. The third-order valence-corrected chi connectivity index (χ3v) is 3.70. The van der Waals surface area contributed by atoms with E-state index >= 15 is 0 Å². The van der Waals surface area contributed by atoms with E-state index < -0.39 is 0 Å². The molecule has 1 unspecified atom stereocenters. The summed E-state index contributed by atoms with van der Waals surface area (Å²) < 4.78 is 1.91. The van der Waals surface area contributed by atoms with Crippen LogP contribution >= 0.6 is 31.9 Å². The Morgan fingerprint density at radius 3 is 2.50 bits per heavy atom. The second-order valence-corrected chi connectivity index (χ2v) is 5.51. The maximum absolute atomic E-state index is 9.29. The predicted octanol–water partition coefficient (Wildman–Crippen LogP) is 4.89. The van der Waals surface area contributed by atoms with Crippen molar-refractivity contribution in [3.05, 3.63) is 63.0 Å². The first-order valence-corrected chi connectivity index (χ1v) is 6.95. The number of rotatable bonds is 3. The fourth-order valence-corrected chi connectivity index (χ4v) is 2.55. The summed E-state index contributed by atoms with van der Waals surface area (Å²) in [4.78, 5) is 0. The number of hydrogen-bond donors (Lipinski definition) is 1. The minimum atomic E-state index is -0.380. The van der Waals surface area contributed by atoms with Crippen molar-refractivity contribution in [1.82, 2.24) is 0 Å². The number of hydrogen-bond acceptors (Lipinski definition) is 2. The molecule has 0 aliphatic heterocycles. The molecule has 18 heavy (non-hydrogen) atoms. The van der Waals surface area contributed by atoms with Gasteiger partial charge >= 0.3 is 0 Å². The van der Waals surface area contributed by atoms with Gasteiger partial charge in [-0.3, -0.25) is 0 Å². The van der Waals surface area contributed by atoms with Crippen LogP contribution in [0.3, 0.4) is 0 Å². The molecule has 0 bridgehead atoms. The Kier molecular flexibility index (Phi) is 4.40. The summed E-state index contributed by atoms with van der Waals surface area (Å²) in [5.74, 6) is 0. The molecular formula is C14H10Br2N2. The maximum Gasteiger partial charge on any atom is 0.141 e. The smallest absolute Gasteiger partial charge is 0.141 e. The standard InChI is InChI=1S/C14H10Br2N2/c15-10-4-3-5-11(8-10)18-14(9-17)12-6-1-2-7-13(12)16/h1-8,14,18H. The van der Waals surface area contributed by atoms with Crippen LogP contribution in [0.2, 0.25) is 0 Å². The zero-order valence-corrected chi connectivity index (χ0v) is 12.6. The molecule has 0 fully saturated rings. The van der Waals surface area contributed by atoms with E-state index in [1.807, 2.05) is 48.5 Å². The quantitative estimate of drug-likeness (QED) is 0.840. The molecule has 0 saturated carbocycles. The number of halogens is 2. The summed E-state index contributed by atoms with van der Waals surface area (Å²) in [5.41, 5.74) is 1.84. The average molecular weight is 366 g/mol. The van der Waals surface area contributed by atoms with E-state index in [-0.39, 0.29) is 6.04 Å². The molecule has 90 valence electrons. The largest absolute Gasteiger partial charge is 0.366 e. The van der Waals surface area contributed by atoms with Gasteiger partial charge in [-0.25, -0.2) is 0 Å². The molecule has 1 N–H and O–H groups in total. The van der Waals surface area contributed by atoms with Crippen LogP contribution in [0.25, 0.3) is 0 Å². The predicted molar refractivity (Wildman–Crippen MR) is 80.3 cm³/mol. The van der Waals surface area contributed by atoms with Gasteiger partial charge in [-0.05, 0) is 24.3 Å². The van der Waals surface area contributed by atoms with Gasteiger partial charge in [0.2, 0.25) is 0 Å². The van der Waals surface area contributed by atoms with Gasteiger partial charge in [-0.2, -0.15) is 5.26 Å². The number of benzene rings is 2. The van der Waals surface area contributed by atoms with E-state index in [4.69, 9.17) is 0 Å². The first-order valence-electron chi connectivity index (χ1n) is 5.37. The van der Waals surface area contributed by atoms with Crippen LogP contribution < -0.4 is 5.32 Å². The zero-order chi connectivity index (χ0) is 13.0. The van der Waals surface area contributed by atoms with E-state index in [1.165, 1.54) is 0 Å². The molecule has 2 nitrogen and oxygen atoms in total. The van der Waals surface area contributed by atoms with Gasteiger partial charge in [0, 0.05) is 20.2 Å². The molecule has 2 rings (SSSR count). The number of nitrogens with zero attached hydrogens (tertiary/aromatic N) is 1. The van der Waals surface area contributed by atoms with Crippen LogP contribution in [0.15, 0.2) is 57.5 Å². The normalized spacial score (nSPS) is 11.6. The molecular weight excluding hydrogens is 356 g/mol. The molecule has 0 aliphatic rings. The molecule has 2 aromatic rings. The number of anilines is 1. The van der Waals surface area contributed by atoms with Crippen LogP contribution in [-0.4, -0.2) is 0 Å². The lowest BCUT2D eigenvalue weighted by Crippen LogP contribution is -2.08. The van der Waals surface area contributed by atoms with Crippen LogP contribution in [0.5, 0.6) is 0 Å². The van der Waals surface area contributed by atoms with E-state index in [9.17, 15) is 5.26 Å². The minimum Gasteiger partial charge on any atom is -0.366 e. The van der Waals surface area contributed by atoms with E-state index in [0.717, 1.165) is 20.2 Å². The summed E-state index contributed by atoms with van der Waals surface area (Å²) in [6.45, 7) is 0. The molecule has 4 heteroatoms. The highest BCUT2D eigenvalue weighted by atomic mass is 79.9. The van der Waals surface area contributed by atoms with Crippen molar-refractivity contribution < 1.29 is 0 Å². The minimum absolute atomic E-state index is 0.380. The molecule has 0 aliphatic carbocycles.